The Morgan fingerprint density at radius 3 is 2.15 bits per heavy atom. The van der Waals surface area contributed by atoms with E-state index in [9.17, 15) is 0 Å². The fourth-order valence-electron chi connectivity index (χ4n) is 4.45. The van der Waals surface area contributed by atoms with E-state index in [0.717, 1.165) is 23.7 Å². The Morgan fingerprint density at radius 1 is 0.815 bits per heavy atom. The average Bonchev–Trinajstić information content (AvgIpc) is 2.73. The van der Waals surface area contributed by atoms with Crippen molar-refractivity contribution in [2.45, 2.75) is 90.4 Å². The van der Waals surface area contributed by atoms with Gasteiger partial charge in [-0.2, -0.15) is 0 Å². The van der Waals surface area contributed by atoms with Crippen LogP contribution in [0, 0.1) is 5.92 Å². The van der Waals surface area contributed by atoms with Gasteiger partial charge < -0.3 is 0 Å². The van der Waals surface area contributed by atoms with Crippen LogP contribution in [0.5, 0.6) is 0 Å². The van der Waals surface area contributed by atoms with E-state index in [1.54, 1.807) is 0 Å². The summed E-state index contributed by atoms with van der Waals surface area (Å²) in [5.41, 5.74) is 3.85. The van der Waals surface area contributed by atoms with Gasteiger partial charge in [-0.1, -0.05) is 76.6 Å². The first-order valence-corrected chi connectivity index (χ1v) is 11.2. The van der Waals surface area contributed by atoms with Crippen LogP contribution in [0.3, 0.4) is 0 Å². The summed E-state index contributed by atoms with van der Waals surface area (Å²) in [7, 11) is 0. The quantitative estimate of drug-likeness (QED) is 0.435. The molecule has 1 aliphatic rings. The van der Waals surface area contributed by atoms with Crippen molar-refractivity contribution in [1.82, 2.24) is 9.97 Å². The fourth-order valence-corrected chi connectivity index (χ4v) is 4.45. The zero-order valence-electron chi connectivity index (χ0n) is 17.3. The highest BCUT2D eigenvalue weighted by Crippen LogP contribution is 2.37. The molecule has 2 aromatic rings. The molecule has 2 heteroatoms. The van der Waals surface area contributed by atoms with E-state index < -0.39 is 0 Å². The first kappa shape index (κ1) is 20.0. The standard InChI is InChI=1S/C25H36N2/c1-3-5-6-7-9-21-10-14-22(15-11-21)24-18-26-25(27-19-24)23-16-12-20(8-4-2)13-17-23/h12-13,16-19,21-22H,3-11,14-15H2,1-2H3/t21-,22-. The number of nitrogens with zero attached hydrogens (tertiary/aromatic N) is 2. The monoisotopic (exact) mass is 364 g/mol. The smallest absolute Gasteiger partial charge is 0.159 e. The zero-order chi connectivity index (χ0) is 18.9. The Hall–Kier alpha value is -1.70. The Kier molecular flexibility index (Phi) is 7.86. The minimum atomic E-state index is 0.665. The van der Waals surface area contributed by atoms with E-state index >= 15 is 0 Å². The van der Waals surface area contributed by atoms with Gasteiger partial charge >= 0.3 is 0 Å². The highest BCUT2D eigenvalue weighted by Gasteiger charge is 2.22. The van der Waals surface area contributed by atoms with E-state index in [0.29, 0.717) is 5.92 Å². The summed E-state index contributed by atoms with van der Waals surface area (Å²) in [5, 5.41) is 0. The molecule has 0 unspecified atom stereocenters. The molecule has 0 spiro atoms. The lowest BCUT2D eigenvalue weighted by Crippen LogP contribution is -2.14. The number of hydrogen-bond donors (Lipinski definition) is 0. The lowest BCUT2D eigenvalue weighted by molar-refractivity contribution is 0.301. The highest BCUT2D eigenvalue weighted by atomic mass is 14.9. The van der Waals surface area contributed by atoms with Gasteiger partial charge in [0.05, 0.1) is 0 Å². The maximum Gasteiger partial charge on any atom is 0.159 e. The summed E-state index contributed by atoms with van der Waals surface area (Å²) in [6, 6.07) is 8.73. The van der Waals surface area contributed by atoms with Gasteiger partial charge in [0.2, 0.25) is 0 Å². The molecule has 1 aliphatic carbocycles. The molecule has 0 bridgehead atoms. The number of hydrogen-bond acceptors (Lipinski definition) is 2. The van der Waals surface area contributed by atoms with E-state index in [-0.39, 0.29) is 0 Å². The third-order valence-corrected chi connectivity index (χ3v) is 6.21. The van der Waals surface area contributed by atoms with Gasteiger partial charge in [0.1, 0.15) is 0 Å². The molecule has 0 atom stereocenters. The summed E-state index contributed by atoms with van der Waals surface area (Å²) in [6.45, 7) is 4.51. The summed E-state index contributed by atoms with van der Waals surface area (Å²) in [4.78, 5) is 9.36. The van der Waals surface area contributed by atoms with Crippen molar-refractivity contribution < 1.29 is 0 Å². The Labute approximate surface area is 165 Å². The van der Waals surface area contributed by atoms with Crippen molar-refractivity contribution in [2.24, 2.45) is 5.92 Å². The van der Waals surface area contributed by atoms with E-state index in [1.165, 1.54) is 75.3 Å². The van der Waals surface area contributed by atoms with Gasteiger partial charge in [-0.05, 0) is 55.1 Å². The highest BCUT2D eigenvalue weighted by molar-refractivity contribution is 5.55. The van der Waals surface area contributed by atoms with E-state index in [2.05, 4.69) is 60.5 Å². The van der Waals surface area contributed by atoms with Gasteiger partial charge in [0.25, 0.3) is 0 Å². The number of aryl methyl sites for hydroxylation is 1. The number of unbranched alkanes of at least 4 members (excludes halogenated alkanes) is 3. The van der Waals surface area contributed by atoms with Crippen LogP contribution in [0.1, 0.15) is 95.1 Å². The second-order valence-corrected chi connectivity index (χ2v) is 8.35. The van der Waals surface area contributed by atoms with Gasteiger partial charge in [-0.25, -0.2) is 9.97 Å². The summed E-state index contributed by atoms with van der Waals surface area (Å²) >= 11 is 0. The third-order valence-electron chi connectivity index (χ3n) is 6.21. The minimum absolute atomic E-state index is 0.665. The van der Waals surface area contributed by atoms with E-state index in [4.69, 9.17) is 0 Å². The first-order valence-electron chi connectivity index (χ1n) is 11.2. The van der Waals surface area contributed by atoms with Crippen LogP contribution in [0.25, 0.3) is 11.4 Å². The van der Waals surface area contributed by atoms with Crippen LogP contribution in [-0.4, -0.2) is 9.97 Å². The number of rotatable bonds is 9. The molecular formula is C25H36N2. The van der Waals surface area contributed by atoms with Crippen molar-refractivity contribution in [3.8, 4) is 11.4 Å². The molecule has 1 heterocycles. The molecule has 1 aromatic carbocycles. The second-order valence-electron chi connectivity index (χ2n) is 8.35. The average molecular weight is 365 g/mol. The molecule has 146 valence electrons. The SMILES string of the molecule is CCCCCC[C@H]1CC[C@H](c2cnc(-c3ccc(CCC)cc3)nc2)CC1. The largest absolute Gasteiger partial charge is 0.236 e. The van der Waals surface area contributed by atoms with Crippen LogP contribution in [0.15, 0.2) is 36.7 Å². The molecule has 0 amide bonds. The predicted octanol–water partition coefficient (Wildman–Crippen LogP) is 7.34. The van der Waals surface area contributed by atoms with Crippen LogP contribution < -0.4 is 0 Å². The van der Waals surface area contributed by atoms with Crippen molar-refractivity contribution in [3.63, 3.8) is 0 Å². The zero-order valence-corrected chi connectivity index (χ0v) is 17.3. The van der Waals surface area contributed by atoms with Crippen molar-refractivity contribution in [3.05, 3.63) is 47.8 Å². The number of benzene rings is 1. The van der Waals surface area contributed by atoms with Crippen molar-refractivity contribution >= 4 is 0 Å². The third kappa shape index (κ3) is 5.89. The molecule has 1 saturated carbocycles. The Bertz CT molecular complexity index is 652. The normalized spacial score (nSPS) is 19.9. The predicted molar refractivity (Wildman–Crippen MR) is 115 cm³/mol. The molecule has 0 radical (unpaired) electrons. The molecule has 3 rings (SSSR count). The summed E-state index contributed by atoms with van der Waals surface area (Å²) in [6.07, 6.45) is 18.9. The molecule has 1 aromatic heterocycles. The van der Waals surface area contributed by atoms with Gasteiger partial charge in [-0.15, -0.1) is 0 Å². The lowest BCUT2D eigenvalue weighted by atomic mass is 9.77. The van der Waals surface area contributed by atoms with Crippen LogP contribution in [0.2, 0.25) is 0 Å². The molecule has 0 saturated heterocycles. The van der Waals surface area contributed by atoms with Gasteiger partial charge in [-0.3, -0.25) is 0 Å². The molecular weight excluding hydrogens is 328 g/mol. The van der Waals surface area contributed by atoms with Crippen LogP contribution >= 0.6 is 0 Å². The first-order chi connectivity index (χ1) is 13.3. The topological polar surface area (TPSA) is 25.8 Å². The van der Waals surface area contributed by atoms with Crippen molar-refractivity contribution in [1.29, 1.82) is 0 Å². The lowest BCUT2D eigenvalue weighted by Gasteiger charge is -2.28. The molecule has 2 nitrogen and oxygen atoms in total. The molecule has 27 heavy (non-hydrogen) atoms. The second kappa shape index (κ2) is 10.6. The molecule has 0 N–H and O–H groups in total. The van der Waals surface area contributed by atoms with Gasteiger partial charge in [0.15, 0.2) is 5.82 Å². The van der Waals surface area contributed by atoms with Crippen molar-refractivity contribution in [2.75, 3.05) is 0 Å². The summed E-state index contributed by atoms with van der Waals surface area (Å²) in [5.74, 6) is 2.48. The summed E-state index contributed by atoms with van der Waals surface area (Å²) < 4.78 is 0. The molecule has 1 fully saturated rings. The maximum absolute atomic E-state index is 4.68. The van der Waals surface area contributed by atoms with Crippen LogP contribution in [0.4, 0.5) is 0 Å². The fraction of sp³-hybridized carbons (Fsp3) is 0.600. The Balaban J connectivity index is 1.50. The Morgan fingerprint density at radius 2 is 1.52 bits per heavy atom. The number of aromatic nitrogens is 2. The van der Waals surface area contributed by atoms with Crippen LogP contribution in [-0.2, 0) is 6.42 Å². The molecule has 0 aliphatic heterocycles. The maximum atomic E-state index is 4.68. The van der Waals surface area contributed by atoms with E-state index in [1.807, 2.05) is 0 Å². The minimum Gasteiger partial charge on any atom is -0.236 e. The van der Waals surface area contributed by atoms with Gasteiger partial charge in [0, 0.05) is 18.0 Å².